The Kier molecular flexibility index (Phi) is 9.91. The van der Waals surface area contributed by atoms with Gasteiger partial charge in [-0.2, -0.15) is 5.10 Å². The van der Waals surface area contributed by atoms with Crippen molar-refractivity contribution in [3.63, 3.8) is 0 Å². The Morgan fingerprint density at radius 2 is 1.67 bits per heavy atom. The summed E-state index contributed by atoms with van der Waals surface area (Å²) in [4.78, 5) is 35.9. The molecule has 0 radical (unpaired) electrons. The van der Waals surface area contributed by atoms with Gasteiger partial charge in [0.25, 0.3) is 0 Å². The number of anilines is 1. The zero-order valence-electron chi connectivity index (χ0n) is 31.1. The molecule has 2 amide bonds. The van der Waals surface area contributed by atoms with Crippen LogP contribution in [0.4, 0.5) is 10.6 Å². The maximum Gasteiger partial charge on any atom is 0.410 e. The lowest BCUT2D eigenvalue weighted by molar-refractivity contribution is -0.124. The minimum Gasteiger partial charge on any atom is -0.496 e. The van der Waals surface area contributed by atoms with E-state index in [9.17, 15) is 14.7 Å². The smallest absolute Gasteiger partial charge is 0.410 e. The van der Waals surface area contributed by atoms with Crippen LogP contribution in [0.3, 0.4) is 0 Å². The number of carbonyl (C=O) groups is 2. The van der Waals surface area contributed by atoms with E-state index in [1.54, 1.807) is 12.0 Å². The molecule has 2 bridgehead atoms. The fraction of sp³-hybridized carbons (Fsp3) is 0.610. The first-order valence-corrected chi connectivity index (χ1v) is 19.1. The van der Waals surface area contributed by atoms with Crippen molar-refractivity contribution in [1.82, 2.24) is 19.7 Å². The van der Waals surface area contributed by atoms with Gasteiger partial charge in [-0.1, -0.05) is 12.1 Å². The number of carbonyl (C=O) groups excluding carboxylic acids is 2. The summed E-state index contributed by atoms with van der Waals surface area (Å²) in [5.41, 5.74) is 6.07. The van der Waals surface area contributed by atoms with Gasteiger partial charge in [0.15, 0.2) is 0 Å². The molecule has 1 aliphatic heterocycles. The van der Waals surface area contributed by atoms with Gasteiger partial charge in [0.05, 0.1) is 19.4 Å². The van der Waals surface area contributed by atoms with E-state index in [0.717, 1.165) is 55.4 Å². The number of rotatable bonds is 9. The Balaban J connectivity index is 1.10. The zero-order chi connectivity index (χ0) is 35.9. The van der Waals surface area contributed by atoms with Crippen molar-refractivity contribution in [1.29, 1.82) is 0 Å². The molecule has 1 unspecified atom stereocenters. The second-order valence-electron chi connectivity index (χ2n) is 16.3. The highest BCUT2D eigenvalue weighted by Crippen LogP contribution is 2.58. The van der Waals surface area contributed by atoms with Gasteiger partial charge in [-0.05, 0) is 144 Å². The van der Waals surface area contributed by atoms with Crippen LogP contribution in [0.25, 0.3) is 11.1 Å². The summed E-state index contributed by atoms with van der Waals surface area (Å²) >= 11 is 0. The summed E-state index contributed by atoms with van der Waals surface area (Å²) in [6.45, 7) is 10.0. The van der Waals surface area contributed by atoms with Gasteiger partial charge in [-0.3, -0.25) is 14.4 Å². The van der Waals surface area contributed by atoms with Crippen LogP contribution in [0.15, 0.2) is 42.9 Å². The summed E-state index contributed by atoms with van der Waals surface area (Å²) in [6, 6.07) is 9.01. The van der Waals surface area contributed by atoms with E-state index in [1.807, 2.05) is 28.0 Å². The molecule has 0 spiro atoms. The van der Waals surface area contributed by atoms with Gasteiger partial charge in [-0.25, -0.2) is 9.78 Å². The number of aliphatic hydroxyl groups is 1. The molecular weight excluding hydrogens is 642 g/mol. The molecule has 1 aromatic carbocycles. The highest BCUT2D eigenvalue weighted by Gasteiger charge is 2.51. The first-order valence-electron chi connectivity index (χ1n) is 19.1. The number of aliphatic hydroxyl groups excluding tert-OH is 1. The van der Waals surface area contributed by atoms with E-state index in [2.05, 4.69) is 57.2 Å². The molecule has 274 valence electrons. The first-order chi connectivity index (χ1) is 24.5. The maximum atomic E-state index is 14.7. The molecule has 2 aromatic heterocycles. The number of β-amino-alcohol motifs (C(OH)–C–C–N with tert-alkyl or cyclic N) is 1. The van der Waals surface area contributed by atoms with Crippen molar-refractivity contribution >= 4 is 17.8 Å². The Morgan fingerprint density at radius 1 is 0.980 bits per heavy atom. The van der Waals surface area contributed by atoms with E-state index in [-0.39, 0.29) is 40.9 Å². The van der Waals surface area contributed by atoms with Gasteiger partial charge in [0.2, 0.25) is 5.91 Å². The number of amides is 2. The molecule has 3 aromatic rings. The molecule has 51 heavy (non-hydrogen) atoms. The number of pyridine rings is 1. The third-order valence-corrected chi connectivity index (χ3v) is 12.6. The largest absolute Gasteiger partial charge is 0.496 e. The highest BCUT2D eigenvalue weighted by atomic mass is 16.6. The van der Waals surface area contributed by atoms with E-state index in [0.29, 0.717) is 57.6 Å². The molecule has 1 saturated heterocycles. The Morgan fingerprint density at radius 3 is 2.25 bits per heavy atom. The topological polar surface area (TPSA) is 110 Å². The molecule has 8 rings (SSSR count). The maximum absolute atomic E-state index is 14.7. The lowest BCUT2D eigenvalue weighted by atomic mass is 9.51. The van der Waals surface area contributed by atoms with Crippen LogP contribution in [-0.4, -0.2) is 75.7 Å². The molecule has 10 nitrogen and oxygen atoms in total. The van der Waals surface area contributed by atoms with Gasteiger partial charge < -0.3 is 19.5 Å². The molecule has 1 N–H and O–H groups in total. The molecule has 3 heterocycles. The average Bonchev–Trinajstić information content (AvgIpc) is 3.82. The standard InChI is InChI=1S/C41H55N5O5/c1-27(2)46-24-32(23-43-46)31-10-18-42-36(22-31)45(38(48)30-6-8-35(9-7-30)51-39(49)44-19-11-34(47)25-44)26-40-12-15-41(16-13-40,17-14-40)33-20-28(3)37(50-5)29(4)21-33/h10,18,20-24,27,30,34-35,47H,6-9,11-17,19,25-26H2,1-5H3. The summed E-state index contributed by atoms with van der Waals surface area (Å²) in [5, 5.41) is 14.4. The SMILES string of the molecule is COc1c(C)cc(C23CCC(CN(C(=O)C4CCC(OC(=O)N5CCC(O)C5)CC4)c4cc(-c5cnn(C(C)C)c5)ccn4)(CC2)CC3)cc1C. The van der Waals surface area contributed by atoms with Crippen LogP contribution < -0.4 is 9.64 Å². The summed E-state index contributed by atoms with van der Waals surface area (Å²) in [7, 11) is 1.75. The minimum atomic E-state index is -0.476. The summed E-state index contributed by atoms with van der Waals surface area (Å²) < 4.78 is 13.5. The van der Waals surface area contributed by atoms with Crippen molar-refractivity contribution in [3.8, 4) is 16.9 Å². The summed E-state index contributed by atoms with van der Waals surface area (Å²) in [5.74, 6) is 1.66. The number of nitrogens with zero attached hydrogens (tertiary/aromatic N) is 5. The van der Waals surface area contributed by atoms with Crippen LogP contribution >= 0.6 is 0 Å². The number of aromatic nitrogens is 3. The second-order valence-corrected chi connectivity index (χ2v) is 16.3. The number of fused-ring (bicyclic) bond motifs is 3. The fourth-order valence-corrected chi connectivity index (χ4v) is 9.41. The quantitative estimate of drug-likeness (QED) is 0.246. The lowest BCUT2D eigenvalue weighted by Gasteiger charge is -2.55. The van der Waals surface area contributed by atoms with Gasteiger partial charge >= 0.3 is 6.09 Å². The van der Waals surface area contributed by atoms with E-state index in [1.165, 1.54) is 16.7 Å². The van der Waals surface area contributed by atoms with Gasteiger partial charge in [-0.15, -0.1) is 0 Å². The minimum absolute atomic E-state index is 0.0429. The van der Waals surface area contributed by atoms with E-state index >= 15 is 0 Å². The lowest BCUT2D eigenvalue weighted by Crippen LogP contribution is -2.52. The number of hydrogen-bond donors (Lipinski definition) is 1. The number of methoxy groups -OCH3 is 1. The number of likely N-dealkylation sites (tertiary alicyclic amines) is 1. The van der Waals surface area contributed by atoms with Gasteiger partial charge in [0.1, 0.15) is 17.7 Å². The Hall–Kier alpha value is -3.92. The fourth-order valence-electron chi connectivity index (χ4n) is 9.41. The molecule has 5 fully saturated rings. The molecule has 1 atom stereocenters. The molecule has 4 aliphatic carbocycles. The van der Waals surface area contributed by atoms with Crippen molar-refractivity contribution < 1.29 is 24.2 Å². The number of hydrogen-bond acceptors (Lipinski definition) is 7. The third kappa shape index (κ3) is 7.13. The van der Waals surface area contributed by atoms with E-state index < -0.39 is 6.10 Å². The van der Waals surface area contributed by atoms with Gasteiger partial charge in [0, 0.05) is 49.6 Å². The molecule has 5 aliphatic rings. The van der Waals surface area contributed by atoms with Crippen LogP contribution in [-0.2, 0) is 14.9 Å². The Bertz CT molecular complexity index is 1700. The van der Waals surface area contributed by atoms with Crippen molar-refractivity contribution in [2.45, 2.75) is 122 Å². The monoisotopic (exact) mass is 697 g/mol. The second kappa shape index (κ2) is 14.2. The van der Waals surface area contributed by atoms with Crippen molar-refractivity contribution in [3.05, 3.63) is 59.5 Å². The van der Waals surface area contributed by atoms with E-state index in [4.69, 9.17) is 14.5 Å². The highest BCUT2D eigenvalue weighted by molar-refractivity contribution is 5.95. The predicted molar refractivity (Wildman–Crippen MR) is 197 cm³/mol. The number of benzene rings is 1. The van der Waals surface area contributed by atoms with Crippen molar-refractivity contribution in [2.75, 3.05) is 31.6 Å². The van der Waals surface area contributed by atoms with Crippen molar-refractivity contribution in [2.24, 2.45) is 11.3 Å². The molecule has 4 saturated carbocycles. The molecular formula is C41H55N5O5. The Labute approximate surface area is 302 Å². The van der Waals surface area contributed by atoms with Crippen LogP contribution in [0, 0.1) is 25.2 Å². The number of aryl methyl sites for hydroxylation is 2. The zero-order valence-corrected chi connectivity index (χ0v) is 31.1. The normalized spacial score (nSPS) is 27.5. The third-order valence-electron chi connectivity index (χ3n) is 12.6. The molecule has 10 heteroatoms. The first kappa shape index (κ1) is 35.5. The predicted octanol–water partition coefficient (Wildman–Crippen LogP) is 7.54. The van der Waals surface area contributed by atoms with Crippen LogP contribution in [0.2, 0.25) is 0 Å². The average molecular weight is 698 g/mol. The number of ether oxygens (including phenoxy) is 2. The van der Waals surface area contributed by atoms with Crippen LogP contribution in [0.5, 0.6) is 5.75 Å². The van der Waals surface area contributed by atoms with Crippen LogP contribution in [0.1, 0.15) is 107 Å². The summed E-state index contributed by atoms with van der Waals surface area (Å²) in [6.07, 6.45) is 14.6.